The summed E-state index contributed by atoms with van der Waals surface area (Å²) in [6.07, 6.45) is 5.55. The van der Waals surface area contributed by atoms with Gasteiger partial charge in [-0.1, -0.05) is 50.1 Å². The van der Waals surface area contributed by atoms with Crippen molar-refractivity contribution in [3.05, 3.63) is 35.9 Å². The first-order valence-electron chi connectivity index (χ1n) is 7.56. The van der Waals surface area contributed by atoms with Crippen LogP contribution in [0.4, 0.5) is 0 Å². The molecule has 106 valence electrons. The van der Waals surface area contributed by atoms with Crippen LogP contribution in [-0.2, 0) is 0 Å². The summed E-state index contributed by atoms with van der Waals surface area (Å²) >= 11 is 4.56. The van der Waals surface area contributed by atoms with Crippen LogP contribution in [0.2, 0.25) is 0 Å². The summed E-state index contributed by atoms with van der Waals surface area (Å²) < 4.78 is 0. The molecule has 0 spiro atoms. The van der Waals surface area contributed by atoms with Gasteiger partial charge in [-0.05, 0) is 37.1 Å². The van der Waals surface area contributed by atoms with E-state index in [4.69, 9.17) is 0 Å². The van der Waals surface area contributed by atoms with Gasteiger partial charge in [0.15, 0.2) is 0 Å². The molecule has 1 fully saturated rings. The second-order valence-corrected chi connectivity index (χ2v) is 6.52. The zero-order valence-corrected chi connectivity index (χ0v) is 13.2. The van der Waals surface area contributed by atoms with E-state index in [2.05, 4.69) is 61.8 Å². The maximum Gasteiger partial charge on any atom is 0.00950 e. The minimum atomic E-state index is 0.548. The van der Waals surface area contributed by atoms with Gasteiger partial charge in [0.1, 0.15) is 0 Å². The zero-order valence-electron chi connectivity index (χ0n) is 12.3. The fourth-order valence-corrected chi connectivity index (χ4v) is 3.62. The first kappa shape index (κ1) is 14.9. The molecule has 0 radical (unpaired) electrons. The van der Waals surface area contributed by atoms with Crippen LogP contribution >= 0.6 is 12.6 Å². The number of nitrogens with zero attached hydrogens (tertiary/aromatic N) is 1. The van der Waals surface area contributed by atoms with Crippen LogP contribution in [0.3, 0.4) is 0 Å². The Morgan fingerprint density at radius 2 is 2.00 bits per heavy atom. The van der Waals surface area contributed by atoms with E-state index in [1.165, 1.54) is 31.2 Å². The molecular formula is C17H27NS. The standard InChI is InChI=1S/C17H27NS/c1-14-7-6-10-17(11-14)18(2)12-16(13-19)15-8-4-3-5-9-15/h3-5,8-9,14,16-17,19H,6-7,10-13H2,1-2H3. The largest absolute Gasteiger partial charge is 0.303 e. The lowest BCUT2D eigenvalue weighted by atomic mass is 9.86. The lowest BCUT2D eigenvalue weighted by molar-refractivity contribution is 0.159. The lowest BCUT2D eigenvalue weighted by Gasteiger charge is -2.36. The monoisotopic (exact) mass is 277 g/mol. The molecule has 3 atom stereocenters. The third kappa shape index (κ3) is 4.25. The van der Waals surface area contributed by atoms with Gasteiger partial charge in [-0.2, -0.15) is 12.6 Å². The molecule has 0 amide bonds. The van der Waals surface area contributed by atoms with E-state index in [0.29, 0.717) is 5.92 Å². The van der Waals surface area contributed by atoms with Crippen molar-refractivity contribution in [2.75, 3.05) is 19.3 Å². The Morgan fingerprint density at radius 3 is 2.63 bits per heavy atom. The molecule has 0 heterocycles. The molecule has 1 saturated carbocycles. The molecule has 0 bridgehead atoms. The topological polar surface area (TPSA) is 3.24 Å². The Hall–Kier alpha value is -0.470. The van der Waals surface area contributed by atoms with Crippen molar-refractivity contribution in [1.29, 1.82) is 0 Å². The minimum Gasteiger partial charge on any atom is -0.303 e. The van der Waals surface area contributed by atoms with Crippen molar-refractivity contribution in [3.8, 4) is 0 Å². The quantitative estimate of drug-likeness (QED) is 0.789. The average molecular weight is 277 g/mol. The molecule has 0 aromatic heterocycles. The van der Waals surface area contributed by atoms with Gasteiger partial charge in [-0.25, -0.2) is 0 Å². The summed E-state index contributed by atoms with van der Waals surface area (Å²) in [7, 11) is 2.29. The Balaban J connectivity index is 1.94. The molecule has 1 aromatic carbocycles. The van der Waals surface area contributed by atoms with Crippen molar-refractivity contribution < 1.29 is 0 Å². The summed E-state index contributed by atoms with van der Waals surface area (Å²) in [5.41, 5.74) is 1.42. The molecule has 1 nitrogen and oxygen atoms in total. The second kappa shape index (κ2) is 7.35. The Labute approximate surface area is 123 Å². The molecule has 0 N–H and O–H groups in total. The number of thiol groups is 1. The van der Waals surface area contributed by atoms with Gasteiger partial charge in [0.05, 0.1) is 0 Å². The molecule has 2 heteroatoms. The molecule has 3 unspecified atom stereocenters. The van der Waals surface area contributed by atoms with Gasteiger partial charge >= 0.3 is 0 Å². The van der Waals surface area contributed by atoms with Gasteiger partial charge in [-0.3, -0.25) is 0 Å². The molecule has 1 aliphatic rings. The summed E-state index contributed by atoms with van der Waals surface area (Å²) in [5.74, 6) is 2.37. The van der Waals surface area contributed by atoms with Crippen LogP contribution in [0.25, 0.3) is 0 Å². The van der Waals surface area contributed by atoms with Crippen LogP contribution in [-0.4, -0.2) is 30.3 Å². The molecule has 2 rings (SSSR count). The first-order valence-corrected chi connectivity index (χ1v) is 8.20. The third-order valence-electron chi connectivity index (χ3n) is 4.53. The number of rotatable bonds is 5. The Bertz CT molecular complexity index is 365. The molecule has 0 aliphatic heterocycles. The summed E-state index contributed by atoms with van der Waals surface area (Å²) in [5, 5.41) is 0. The Morgan fingerprint density at radius 1 is 1.26 bits per heavy atom. The molecule has 19 heavy (non-hydrogen) atoms. The van der Waals surface area contributed by atoms with E-state index in [-0.39, 0.29) is 0 Å². The van der Waals surface area contributed by atoms with Gasteiger partial charge in [-0.15, -0.1) is 0 Å². The van der Waals surface area contributed by atoms with Crippen molar-refractivity contribution in [3.63, 3.8) is 0 Å². The van der Waals surface area contributed by atoms with Crippen LogP contribution < -0.4 is 0 Å². The number of likely N-dealkylation sites (N-methyl/N-ethyl adjacent to an activating group) is 1. The number of benzene rings is 1. The van der Waals surface area contributed by atoms with E-state index in [1.807, 2.05) is 0 Å². The Kier molecular flexibility index (Phi) is 5.77. The van der Waals surface area contributed by atoms with Crippen LogP contribution in [0.5, 0.6) is 0 Å². The van der Waals surface area contributed by atoms with Crippen molar-refractivity contribution in [1.82, 2.24) is 4.90 Å². The van der Waals surface area contributed by atoms with E-state index in [1.54, 1.807) is 0 Å². The van der Waals surface area contributed by atoms with E-state index >= 15 is 0 Å². The van der Waals surface area contributed by atoms with Crippen molar-refractivity contribution >= 4 is 12.6 Å². The highest BCUT2D eigenvalue weighted by Gasteiger charge is 2.24. The number of hydrogen-bond acceptors (Lipinski definition) is 2. The predicted molar refractivity (Wildman–Crippen MR) is 87.1 cm³/mol. The van der Waals surface area contributed by atoms with Crippen molar-refractivity contribution in [2.24, 2.45) is 5.92 Å². The van der Waals surface area contributed by atoms with Gasteiger partial charge in [0.2, 0.25) is 0 Å². The highest BCUT2D eigenvalue weighted by molar-refractivity contribution is 7.80. The SMILES string of the molecule is CC1CCCC(N(C)CC(CS)c2ccccc2)C1. The van der Waals surface area contributed by atoms with Crippen molar-refractivity contribution in [2.45, 2.75) is 44.6 Å². The molecule has 1 aromatic rings. The summed E-state index contributed by atoms with van der Waals surface area (Å²) in [6, 6.07) is 11.6. The van der Waals surface area contributed by atoms with Crippen LogP contribution in [0.15, 0.2) is 30.3 Å². The fraction of sp³-hybridized carbons (Fsp3) is 0.647. The average Bonchev–Trinajstić information content (AvgIpc) is 2.45. The lowest BCUT2D eigenvalue weighted by Crippen LogP contribution is -2.38. The molecule has 1 aliphatic carbocycles. The summed E-state index contributed by atoms with van der Waals surface area (Å²) in [6.45, 7) is 3.53. The minimum absolute atomic E-state index is 0.548. The molecule has 0 saturated heterocycles. The smallest absolute Gasteiger partial charge is 0.00950 e. The summed E-state index contributed by atoms with van der Waals surface area (Å²) in [4.78, 5) is 2.57. The second-order valence-electron chi connectivity index (χ2n) is 6.16. The highest BCUT2D eigenvalue weighted by atomic mass is 32.1. The zero-order chi connectivity index (χ0) is 13.7. The maximum atomic E-state index is 4.56. The maximum absolute atomic E-state index is 4.56. The fourth-order valence-electron chi connectivity index (χ4n) is 3.29. The van der Waals surface area contributed by atoms with E-state index in [0.717, 1.165) is 24.3 Å². The van der Waals surface area contributed by atoms with Crippen LogP contribution in [0.1, 0.15) is 44.1 Å². The van der Waals surface area contributed by atoms with Gasteiger partial charge in [0.25, 0.3) is 0 Å². The first-order chi connectivity index (χ1) is 9.20. The van der Waals surface area contributed by atoms with Crippen LogP contribution in [0, 0.1) is 5.92 Å². The normalized spacial score (nSPS) is 25.5. The van der Waals surface area contributed by atoms with E-state index in [9.17, 15) is 0 Å². The number of hydrogen-bond donors (Lipinski definition) is 1. The predicted octanol–water partition coefficient (Wildman–Crippen LogP) is 4.21. The van der Waals surface area contributed by atoms with Gasteiger partial charge in [0, 0.05) is 18.5 Å². The highest BCUT2D eigenvalue weighted by Crippen LogP contribution is 2.28. The third-order valence-corrected chi connectivity index (χ3v) is 4.97. The van der Waals surface area contributed by atoms with Gasteiger partial charge < -0.3 is 4.90 Å². The van der Waals surface area contributed by atoms with E-state index < -0.39 is 0 Å². The molecular weight excluding hydrogens is 250 g/mol.